The number of carbonyl (C=O) groups is 1. The van der Waals surface area contributed by atoms with Crippen LogP contribution in [0.1, 0.15) is 5.56 Å². The zero-order valence-corrected chi connectivity index (χ0v) is 10.8. The number of esters is 1. The van der Waals surface area contributed by atoms with E-state index in [4.69, 9.17) is 9.47 Å². The Bertz CT molecular complexity index is 393. The molecule has 1 aliphatic heterocycles. The summed E-state index contributed by atoms with van der Waals surface area (Å²) in [7, 11) is 3.07. The van der Waals surface area contributed by atoms with Crippen LogP contribution >= 0.6 is 0 Å². The van der Waals surface area contributed by atoms with E-state index in [-0.39, 0.29) is 18.0 Å². The summed E-state index contributed by atoms with van der Waals surface area (Å²) in [6, 6.07) is 10.2. The molecule has 1 heterocycles. The van der Waals surface area contributed by atoms with Gasteiger partial charge in [0.05, 0.1) is 19.1 Å². The number of nitrogens with zero attached hydrogens (tertiary/aromatic N) is 1. The van der Waals surface area contributed by atoms with Gasteiger partial charge in [0.15, 0.2) is 0 Å². The van der Waals surface area contributed by atoms with Crippen molar-refractivity contribution in [3.05, 3.63) is 35.9 Å². The molecule has 0 spiro atoms. The average molecular weight is 249 g/mol. The number of hydrogen-bond acceptors (Lipinski definition) is 4. The second-order valence-electron chi connectivity index (χ2n) is 4.58. The Balaban J connectivity index is 1.99. The molecule has 0 bridgehead atoms. The minimum atomic E-state index is -0.183. The Hall–Kier alpha value is -1.39. The van der Waals surface area contributed by atoms with Gasteiger partial charge >= 0.3 is 5.97 Å². The Labute approximate surface area is 107 Å². The lowest BCUT2D eigenvalue weighted by atomic mass is 10.1. The maximum atomic E-state index is 11.7. The third kappa shape index (κ3) is 2.89. The second-order valence-corrected chi connectivity index (χ2v) is 4.58. The Morgan fingerprint density at radius 3 is 2.61 bits per heavy atom. The van der Waals surface area contributed by atoms with Crippen LogP contribution < -0.4 is 0 Å². The van der Waals surface area contributed by atoms with E-state index >= 15 is 0 Å². The molecule has 1 aromatic rings. The maximum Gasteiger partial charge on any atom is 0.312 e. The van der Waals surface area contributed by atoms with Crippen LogP contribution in [-0.2, 0) is 20.8 Å². The summed E-state index contributed by atoms with van der Waals surface area (Å²) in [5.74, 6) is -0.360. The van der Waals surface area contributed by atoms with Gasteiger partial charge in [-0.15, -0.1) is 0 Å². The van der Waals surface area contributed by atoms with Crippen LogP contribution in [0, 0.1) is 5.92 Å². The van der Waals surface area contributed by atoms with Gasteiger partial charge in [0.25, 0.3) is 0 Å². The number of benzene rings is 1. The minimum absolute atomic E-state index is 0.0684. The van der Waals surface area contributed by atoms with Crippen LogP contribution in [-0.4, -0.2) is 44.3 Å². The SMILES string of the molecule is COC(=O)[C@@H]1CN(Cc2ccccc2)C[C@H]1OC. The van der Waals surface area contributed by atoms with E-state index in [1.807, 2.05) is 18.2 Å². The van der Waals surface area contributed by atoms with E-state index in [1.54, 1.807) is 7.11 Å². The molecule has 2 rings (SSSR count). The molecule has 0 saturated carbocycles. The zero-order chi connectivity index (χ0) is 13.0. The fourth-order valence-electron chi connectivity index (χ4n) is 2.44. The average Bonchev–Trinajstić information content (AvgIpc) is 2.82. The van der Waals surface area contributed by atoms with E-state index in [0.29, 0.717) is 6.54 Å². The number of rotatable bonds is 4. The number of hydrogen-bond donors (Lipinski definition) is 0. The summed E-state index contributed by atoms with van der Waals surface area (Å²) < 4.78 is 10.2. The molecule has 0 N–H and O–H groups in total. The molecule has 0 amide bonds. The van der Waals surface area contributed by atoms with Crippen LogP contribution in [0.5, 0.6) is 0 Å². The Kier molecular flexibility index (Phi) is 4.33. The van der Waals surface area contributed by atoms with E-state index in [1.165, 1.54) is 12.7 Å². The first-order valence-electron chi connectivity index (χ1n) is 6.11. The van der Waals surface area contributed by atoms with Crippen LogP contribution in [0.4, 0.5) is 0 Å². The number of carbonyl (C=O) groups excluding carboxylic acids is 1. The lowest BCUT2D eigenvalue weighted by Gasteiger charge is -2.15. The van der Waals surface area contributed by atoms with Crippen molar-refractivity contribution in [3.63, 3.8) is 0 Å². The van der Waals surface area contributed by atoms with Gasteiger partial charge in [-0.25, -0.2) is 0 Å². The minimum Gasteiger partial charge on any atom is -0.469 e. The van der Waals surface area contributed by atoms with Crippen molar-refractivity contribution in [2.45, 2.75) is 12.6 Å². The predicted molar refractivity (Wildman–Crippen MR) is 68.0 cm³/mol. The third-order valence-corrected chi connectivity index (χ3v) is 3.40. The van der Waals surface area contributed by atoms with Crippen LogP contribution in [0.2, 0.25) is 0 Å². The summed E-state index contributed by atoms with van der Waals surface area (Å²) in [6.07, 6.45) is -0.0684. The molecule has 0 aliphatic carbocycles. The lowest BCUT2D eigenvalue weighted by Crippen LogP contribution is -2.29. The van der Waals surface area contributed by atoms with Gasteiger partial charge in [0, 0.05) is 26.7 Å². The van der Waals surface area contributed by atoms with Crippen LogP contribution in [0.15, 0.2) is 30.3 Å². The van der Waals surface area contributed by atoms with Gasteiger partial charge in [-0.1, -0.05) is 30.3 Å². The first kappa shape index (κ1) is 13.1. The zero-order valence-electron chi connectivity index (χ0n) is 10.8. The smallest absolute Gasteiger partial charge is 0.312 e. The van der Waals surface area contributed by atoms with E-state index in [9.17, 15) is 4.79 Å². The summed E-state index contributed by atoms with van der Waals surface area (Å²) in [4.78, 5) is 13.9. The molecule has 2 atom stereocenters. The van der Waals surface area contributed by atoms with Crippen molar-refractivity contribution < 1.29 is 14.3 Å². The van der Waals surface area contributed by atoms with Crippen molar-refractivity contribution in [3.8, 4) is 0 Å². The lowest BCUT2D eigenvalue weighted by molar-refractivity contribution is -0.148. The van der Waals surface area contributed by atoms with Gasteiger partial charge in [0.1, 0.15) is 0 Å². The topological polar surface area (TPSA) is 38.8 Å². The highest BCUT2D eigenvalue weighted by Gasteiger charge is 2.38. The summed E-state index contributed by atoms with van der Waals surface area (Å²) in [5, 5.41) is 0. The maximum absolute atomic E-state index is 11.7. The molecule has 4 nitrogen and oxygen atoms in total. The Morgan fingerprint density at radius 2 is 2.00 bits per heavy atom. The van der Waals surface area contributed by atoms with E-state index in [0.717, 1.165) is 13.1 Å². The summed E-state index contributed by atoms with van der Waals surface area (Å²) in [5.41, 5.74) is 1.25. The first-order chi connectivity index (χ1) is 8.74. The highest BCUT2D eigenvalue weighted by Crippen LogP contribution is 2.22. The molecule has 18 heavy (non-hydrogen) atoms. The highest BCUT2D eigenvalue weighted by atomic mass is 16.5. The fourth-order valence-corrected chi connectivity index (χ4v) is 2.44. The van der Waals surface area contributed by atoms with Gasteiger partial charge in [-0.3, -0.25) is 9.69 Å². The monoisotopic (exact) mass is 249 g/mol. The van der Waals surface area contributed by atoms with Crippen molar-refractivity contribution in [1.82, 2.24) is 4.90 Å². The standard InChI is InChI=1S/C14H19NO3/c1-17-13-10-15(9-12(13)14(16)18-2)8-11-6-4-3-5-7-11/h3-7,12-13H,8-10H2,1-2H3/t12-,13-/m1/s1. The molecule has 0 aromatic heterocycles. The predicted octanol–water partition coefficient (Wildman–Crippen LogP) is 1.31. The van der Waals surface area contributed by atoms with Gasteiger partial charge in [-0.05, 0) is 5.56 Å². The van der Waals surface area contributed by atoms with Crippen molar-refractivity contribution >= 4 is 5.97 Å². The largest absolute Gasteiger partial charge is 0.469 e. The van der Waals surface area contributed by atoms with E-state index in [2.05, 4.69) is 17.0 Å². The van der Waals surface area contributed by atoms with Crippen LogP contribution in [0.25, 0.3) is 0 Å². The normalized spacial score (nSPS) is 24.1. The molecule has 1 saturated heterocycles. The van der Waals surface area contributed by atoms with Gasteiger partial charge in [-0.2, -0.15) is 0 Å². The summed E-state index contributed by atoms with van der Waals surface area (Å²) in [6.45, 7) is 2.30. The van der Waals surface area contributed by atoms with Gasteiger partial charge in [0.2, 0.25) is 0 Å². The van der Waals surface area contributed by atoms with E-state index < -0.39 is 0 Å². The highest BCUT2D eigenvalue weighted by molar-refractivity contribution is 5.73. The third-order valence-electron chi connectivity index (χ3n) is 3.40. The van der Waals surface area contributed by atoms with Crippen molar-refractivity contribution in [2.24, 2.45) is 5.92 Å². The fraction of sp³-hybridized carbons (Fsp3) is 0.500. The molecule has 0 unspecified atom stereocenters. The molecule has 1 fully saturated rings. The number of methoxy groups -OCH3 is 2. The Morgan fingerprint density at radius 1 is 1.28 bits per heavy atom. The molecule has 4 heteroatoms. The number of ether oxygens (including phenoxy) is 2. The van der Waals surface area contributed by atoms with Crippen molar-refractivity contribution in [1.29, 1.82) is 0 Å². The first-order valence-corrected chi connectivity index (χ1v) is 6.11. The molecule has 1 aliphatic rings. The molecule has 98 valence electrons. The molecular formula is C14H19NO3. The van der Waals surface area contributed by atoms with Gasteiger partial charge < -0.3 is 9.47 Å². The second kappa shape index (κ2) is 5.98. The molecule has 0 radical (unpaired) electrons. The quantitative estimate of drug-likeness (QED) is 0.754. The summed E-state index contributed by atoms with van der Waals surface area (Å²) >= 11 is 0. The molecular weight excluding hydrogens is 230 g/mol. The van der Waals surface area contributed by atoms with Crippen LogP contribution in [0.3, 0.4) is 0 Å². The number of likely N-dealkylation sites (tertiary alicyclic amines) is 1. The molecule has 1 aromatic carbocycles. The van der Waals surface area contributed by atoms with Crippen molar-refractivity contribution in [2.75, 3.05) is 27.3 Å².